The fourth-order valence-electron chi connectivity index (χ4n) is 2.58. The fourth-order valence-corrected chi connectivity index (χ4v) is 2.58. The topological polar surface area (TPSA) is 113 Å². The third-order valence-electron chi connectivity index (χ3n) is 4.49. The van der Waals surface area contributed by atoms with E-state index in [1.807, 2.05) is 0 Å². The van der Waals surface area contributed by atoms with E-state index in [0.29, 0.717) is 11.3 Å². The lowest BCUT2D eigenvalue weighted by Crippen LogP contribution is -2.32. The highest BCUT2D eigenvalue weighted by Gasteiger charge is 2.25. The highest BCUT2D eigenvalue weighted by atomic mass is 16.5. The molecule has 0 spiro atoms. The molecule has 2 rings (SSSR count). The first kappa shape index (κ1) is 20.7. The van der Waals surface area contributed by atoms with E-state index in [4.69, 9.17) is 9.47 Å². The summed E-state index contributed by atoms with van der Waals surface area (Å²) in [5.41, 5.74) is 0.301. The Labute approximate surface area is 157 Å². The summed E-state index contributed by atoms with van der Waals surface area (Å²) in [6.07, 6.45) is 2.19. The number of ether oxygens (including phenoxy) is 2. The smallest absolute Gasteiger partial charge is 0.342 e. The summed E-state index contributed by atoms with van der Waals surface area (Å²) in [7, 11) is 1.42. The second-order valence-electron chi connectivity index (χ2n) is 6.49. The summed E-state index contributed by atoms with van der Waals surface area (Å²) in [6, 6.07) is 2.85. The predicted octanol–water partition coefficient (Wildman–Crippen LogP) is 1.85. The van der Waals surface area contributed by atoms with Crippen LogP contribution >= 0.6 is 0 Å². The van der Waals surface area contributed by atoms with Crippen LogP contribution in [0.25, 0.3) is 6.08 Å². The van der Waals surface area contributed by atoms with E-state index in [0.717, 1.165) is 0 Å². The molecule has 3 N–H and O–H groups in total. The number of methoxy groups -OCH3 is 1. The average molecular weight is 376 g/mol. The normalized spacial score (nSPS) is 29.2. The molecule has 1 aromatic rings. The number of phenolic OH excluding ortho intramolecular Hbond substituents is 1. The van der Waals surface area contributed by atoms with E-state index in [-0.39, 0.29) is 23.7 Å². The molecular formula is C20H24O7. The lowest BCUT2D eigenvalue weighted by molar-refractivity contribution is -0.127. The largest absolute Gasteiger partial charge is 0.507 e. The van der Waals surface area contributed by atoms with Gasteiger partial charge in [-0.3, -0.25) is 4.79 Å². The number of hydrogen-bond acceptors (Lipinski definition) is 7. The first-order chi connectivity index (χ1) is 12.7. The van der Waals surface area contributed by atoms with E-state index in [1.165, 1.54) is 37.5 Å². The summed E-state index contributed by atoms with van der Waals surface area (Å²) < 4.78 is 10.5. The number of aromatic hydroxyl groups is 1. The molecule has 0 fully saturated rings. The Morgan fingerprint density at radius 1 is 1.15 bits per heavy atom. The average Bonchev–Trinajstić information content (AvgIpc) is 2.63. The van der Waals surface area contributed by atoms with Gasteiger partial charge in [0.1, 0.15) is 29.3 Å². The minimum Gasteiger partial charge on any atom is -0.507 e. The van der Waals surface area contributed by atoms with Crippen LogP contribution in [0.1, 0.15) is 36.2 Å². The first-order valence-corrected chi connectivity index (χ1v) is 8.61. The van der Waals surface area contributed by atoms with Crippen LogP contribution in [-0.2, 0) is 9.53 Å². The highest BCUT2D eigenvalue weighted by Crippen LogP contribution is 2.30. The van der Waals surface area contributed by atoms with Gasteiger partial charge in [0.25, 0.3) is 0 Å². The van der Waals surface area contributed by atoms with Crippen molar-refractivity contribution < 1.29 is 34.4 Å². The summed E-state index contributed by atoms with van der Waals surface area (Å²) in [5.74, 6) is -1.63. The minimum absolute atomic E-state index is 0.0286. The molecule has 0 radical (unpaired) electrons. The third-order valence-corrected chi connectivity index (χ3v) is 4.49. The van der Waals surface area contributed by atoms with Gasteiger partial charge in [0.05, 0.1) is 13.2 Å². The summed E-state index contributed by atoms with van der Waals surface area (Å²) in [6.45, 7) is 3.40. The van der Waals surface area contributed by atoms with Crippen molar-refractivity contribution in [2.24, 2.45) is 5.92 Å². The fraction of sp³-hybridized carbons (Fsp3) is 0.400. The zero-order valence-electron chi connectivity index (χ0n) is 15.5. The van der Waals surface area contributed by atoms with Crippen LogP contribution in [0.5, 0.6) is 11.5 Å². The summed E-state index contributed by atoms with van der Waals surface area (Å²) in [4.78, 5) is 24.6. The van der Waals surface area contributed by atoms with Gasteiger partial charge in [0.2, 0.25) is 0 Å². The molecule has 7 nitrogen and oxygen atoms in total. The number of carbonyl (C=O) groups excluding carboxylic acids is 2. The number of benzene rings is 1. The Balaban J connectivity index is 2.50. The molecule has 4 atom stereocenters. The number of rotatable bonds is 1. The molecule has 0 bridgehead atoms. The Kier molecular flexibility index (Phi) is 6.76. The van der Waals surface area contributed by atoms with Crippen LogP contribution in [0.2, 0.25) is 0 Å². The molecule has 0 amide bonds. The maximum absolute atomic E-state index is 12.6. The van der Waals surface area contributed by atoms with Gasteiger partial charge in [-0.05, 0) is 31.1 Å². The van der Waals surface area contributed by atoms with Gasteiger partial charge in [-0.15, -0.1) is 0 Å². The van der Waals surface area contributed by atoms with E-state index in [1.54, 1.807) is 19.9 Å². The van der Waals surface area contributed by atoms with Crippen molar-refractivity contribution >= 4 is 17.8 Å². The lowest BCUT2D eigenvalue weighted by Gasteiger charge is -2.20. The van der Waals surface area contributed by atoms with Crippen molar-refractivity contribution in [1.29, 1.82) is 0 Å². The number of fused-ring (bicyclic) bond motifs is 1. The third kappa shape index (κ3) is 4.96. The maximum Gasteiger partial charge on any atom is 0.342 e. The first-order valence-electron chi connectivity index (χ1n) is 8.61. The van der Waals surface area contributed by atoms with Crippen molar-refractivity contribution in [3.8, 4) is 11.5 Å². The van der Waals surface area contributed by atoms with Gasteiger partial charge >= 0.3 is 5.97 Å². The highest BCUT2D eigenvalue weighted by molar-refractivity contribution is 5.97. The van der Waals surface area contributed by atoms with Crippen molar-refractivity contribution in [2.45, 2.75) is 38.6 Å². The van der Waals surface area contributed by atoms with E-state index < -0.39 is 30.1 Å². The second-order valence-corrected chi connectivity index (χ2v) is 6.49. The number of hydrogen-bond donors (Lipinski definition) is 3. The van der Waals surface area contributed by atoms with Gasteiger partial charge in [-0.2, -0.15) is 0 Å². The zero-order valence-corrected chi connectivity index (χ0v) is 15.5. The van der Waals surface area contributed by atoms with Crippen LogP contribution in [0, 0.1) is 5.92 Å². The van der Waals surface area contributed by atoms with Crippen molar-refractivity contribution in [3.05, 3.63) is 41.5 Å². The molecular weight excluding hydrogens is 352 g/mol. The van der Waals surface area contributed by atoms with Gasteiger partial charge < -0.3 is 24.8 Å². The number of esters is 1. The van der Waals surface area contributed by atoms with Gasteiger partial charge in [0.15, 0.2) is 5.78 Å². The van der Waals surface area contributed by atoms with E-state index in [9.17, 15) is 24.9 Å². The number of aliphatic hydroxyl groups is 2. The number of cyclic esters (lactones) is 1. The van der Waals surface area contributed by atoms with Crippen molar-refractivity contribution in [3.63, 3.8) is 0 Å². The number of phenols is 1. The molecule has 146 valence electrons. The van der Waals surface area contributed by atoms with Crippen molar-refractivity contribution in [1.82, 2.24) is 0 Å². The monoisotopic (exact) mass is 376 g/mol. The molecule has 1 aliphatic heterocycles. The lowest BCUT2D eigenvalue weighted by atomic mass is 9.99. The second kappa shape index (κ2) is 8.83. The quantitative estimate of drug-likeness (QED) is 0.641. The molecule has 0 aliphatic carbocycles. The standard InChI is InChI=1S/C20H24O7/c1-11-7-8-16(22)19(24)15(21)6-4-5-13-9-14(26-3)10-17(23)18(13)20(25)27-12(11)2/h4-5,7-12,15,19,21,23-24H,6H2,1-3H3/b5-4+,8-7+. The molecule has 7 heteroatoms. The van der Waals surface area contributed by atoms with Crippen LogP contribution < -0.4 is 4.74 Å². The Morgan fingerprint density at radius 2 is 1.85 bits per heavy atom. The number of ketones is 1. The number of aliphatic hydroxyl groups excluding tert-OH is 2. The SMILES string of the molecule is COc1cc(O)c2c(c1)/C=C/CC(O)C(O)C(=O)/C=C/C(C)C(C)OC2=O. The van der Waals surface area contributed by atoms with Crippen LogP contribution in [0.15, 0.2) is 30.4 Å². The maximum atomic E-state index is 12.6. The molecule has 1 heterocycles. The molecule has 27 heavy (non-hydrogen) atoms. The Hall–Kier alpha value is -2.64. The zero-order chi connectivity index (χ0) is 20.1. The molecule has 0 saturated heterocycles. The van der Waals surface area contributed by atoms with Crippen LogP contribution in [0.4, 0.5) is 0 Å². The van der Waals surface area contributed by atoms with E-state index >= 15 is 0 Å². The summed E-state index contributed by atoms with van der Waals surface area (Å²) in [5, 5.41) is 30.2. The molecule has 0 saturated carbocycles. The summed E-state index contributed by atoms with van der Waals surface area (Å²) >= 11 is 0. The Bertz CT molecular complexity index is 766. The minimum atomic E-state index is -1.56. The predicted molar refractivity (Wildman–Crippen MR) is 98.5 cm³/mol. The number of carbonyl (C=O) groups is 2. The molecule has 1 aliphatic rings. The van der Waals surface area contributed by atoms with Crippen LogP contribution in [-0.4, -0.2) is 52.5 Å². The van der Waals surface area contributed by atoms with Gasteiger partial charge in [0, 0.05) is 12.0 Å². The van der Waals surface area contributed by atoms with Crippen LogP contribution in [0.3, 0.4) is 0 Å². The molecule has 0 aromatic heterocycles. The van der Waals surface area contributed by atoms with Gasteiger partial charge in [-0.1, -0.05) is 25.2 Å². The molecule has 4 unspecified atom stereocenters. The van der Waals surface area contributed by atoms with Gasteiger partial charge in [-0.25, -0.2) is 4.79 Å². The van der Waals surface area contributed by atoms with E-state index in [2.05, 4.69) is 0 Å². The Morgan fingerprint density at radius 3 is 2.52 bits per heavy atom. The van der Waals surface area contributed by atoms with Crippen molar-refractivity contribution in [2.75, 3.05) is 7.11 Å². The molecule has 1 aromatic carbocycles.